The van der Waals surface area contributed by atoms with Gasteiger partial charge < -0.3 is 10.1 Å². The van der Waals surface area contributed by atoms with Crippen molar-refractivity contribution < 1.29 is 9.53 Å². The lowest BCUT2D eigenvalue weighted by Crippen LogP contribution is -2.43. The number of rotatable bonds is 5. The maximum Gasteiger partial charge on any atom is 0.308 e. The summed E-state index contributed by atoms with van der Waals surface area (Å²) in [4.78, 5) is 21.2. The van der Waals surface area contributed by atoms with E-state index in [2.05, 4.69) is 20.4 Å². The highest BCUT2D eigenvalue weighted by molar-refractivity contribution is 5.87. The summed E-state index contributed by atoms with van der Waals surface area (Å²) >= 11 is 0. The Morgan fingerprint density at radius 1 is 1.33 bits per heavy atom. The maximum absolute atomic E-state index is 12.1. The summed E-state index contributed by atoms with van der Waals surface area (Å²) in [6.07, 6.45) is 7.44. The van der Waals surface area contributed by atoms with Gasteiger partial charge in [-0.15, -0.1) is 0 Å². The standard InChI is InChI=1S/C17H25N5O2/c1-4-24-14(23)10-17(8-6-5-7-9-17)21-15-13-11-18-22(3)16(13)20-12(2)19-15/h11H,4-10H2,1-3H3,(H,19,20,21). The Labute approximate surface area is 141 Å². The molecule has 0 aromatic carbocycles. The van der Waals surface area contributed by atoms with Crippen molar-refractivity contribution in [3.05, 3.63) is 12.0 Å². The number of hydrogen-bond donors (Lipinski definition) is 1. The number of esters is 1. The van der Waals surface area contributed by atoms with E-state index in [1.165, 1.54) is 6.42 Å². The van der Waals surface area contributed by atoms with Crippen LogP contribution in [-0.2, 0) is 16.6 Å². The van der Waals surface area contributed by atoms with Crippen LogP contribution in [0.4, 0.5) is 5.82 Å². The minimum Gasteiger partial charge on any atom is -0.466 e. The number of carbonyl (C=O) groups is 1. The Morgan fingerprint density at radius 3 is 2.79 bits per heavy atom. The first-order valence-electron chi connectivity index (χ1n) is 8.63. The molecule has 130 valence electrons. The third-order valence-electron chi connectivity index (χ3n) is 4.69. The van der Waals surface area contributed by atoms with E-state index >= 15 is 0 Å². The van der Waals surface area contributed by atoms with E-state index in [1.54, 1.807) is 10.9 Å². The van der Waals surface area contributed by atoms with Crippen LogP contribution in [0, 0.1) is 6.92 Å². The zero-order valence-corrected chi connectivity index (χ0v) is 14.6. The monoisotopic (exact) mass is 331 g/mol. The van der Waals surface area contributed by atoms with Crippen LogP contribution in [0.5, 0.6) is 0 Å². The molecule has 2 aromatic heterocycles. The van der Waals surface area contributed by atoms with Gasteiger partial charge in [0.1, 0.15) is 11.6 Å². The fourth-order valence-corrected chi connectivity index (χ4v) is 3.54. The number of aromatic nitrogens is 4. The van der Waals surface area contributed by atoms with Crippen molar-refractivity contribution in [3.63, 3.8) is 0 Å². The van der Waals surface area contributed by atoms with Gasteiger partial charge in [0, 0.05) is 12.6 Å². The van der Waals surface area contributed by atoms with Crippen molar-refractivity contribution in [2.24, 2.45) is 7.05 Å². The van der Waals surface area contributed by atoms with E-state index in [9.17, 15) is 4.79 Å². The topological polar surface area (TPSA) is 81.9 Å². The minimum absolute atomic E-state index is 0.153. The quantitative estimate of drug-likeness (QED) is 0.848. The van der Waals surface area contributed by atoms with Crippen LogP contribution in [0.25, 0.3) is 11.0 Å². The predicted molar refractivity (Wildman–Crippen MR) is 91.7 cm³/mol. The van der Waals surface area contributed by atoms with Crippen LogP contribution in [0.2, 0.25) is 0 Å². The van der Waals surface area contributed by atoms with Crippen LogP contribution in [0.1, 0.15) is 51.3 Å². The summed E-state index contributed by atoms with van der Waals surface area (Å²) < 4.78 is 6.94. The van der Waals surface area contributed by atoms with Gasteiger partial charge in [-0.2, -0.15) is 5.10 Å². The molecular formula is C17H25N5O2. The average Bonchev–Trinajstić information content (AvgIpc) is 2.90. The third kappa shape index (κ3) is 3.34. The molecule has 0 amide bonds. The predicted octanol–water partition coefficient (Wildman–Crippen LogP) is 2.74. The van der Waals surface area contributed by atoms with E-state index in [0.29, 0.717) is 18.9 Å². The Bertz CT molecular complexity index is 734. The molecular weight excluding hydrogens is 306 g/mol. The summed E-state index contributed by atoms with van der Waals surface area (Å²) in [7, 11) is 1.87. The summed E-state index contributed by atoms with van der Waals surface area (Å²) in [5, 5.41) is 8.75. The van der Waals surface area contributed by atoms with E-state index in [1.807, 2.05) is 20.9 Å². The van der Waals surface area contributed by atoms with Gasteiger partial charge in [0.05, 0.1) is 24.6 Å². The average molecular weight is 331 g/mol. The number of fused-ring (bicyclic) bond motifs is 1. The second-order valence-electron chi connectivity index (χ2n) is 6.57. The second-order valence-corrected chi connectivity index (χ2v) is 6.57. The summed E-state index contributed by atoms with van der Waals surface area (Å²) in [5.74, 6) is 1.30. The number of nitrogens with one attached hydrogen (secondary N) is 1. The molecule has 1 fully saturated rings. The van der Waals surface area contributed by atoms with E-state index in [0.717, 1.165) is 42.5 Å². The van der Waals surface area contributed by atoms with Crippen molar-refractivity contribution in [3.8, 4) is 0 Å². The van der Waals surface area contributed by atoms with Crippen LogP contribution in [0.15, 0.2) is 6.20 Å². The molecule has 24 heavy (non-hydrogen) atoms. The fraction of sp³-hybridized carbons (Fsp3) is 0.647. The first-order valence-corrected chi connectivity index (χ1v) is 8.63. The highest BCUT2D eigenvalue weighted by atomic mass is 16.5. The molecule has 7 heteroatoms. The van der Waals surface area contributed by atoms with Gasteiger partial charge in [-0.1, -0.05) is 19.3 Å². The maximum atomic E-state index is 12.1. The number of aryl methyl sites for hydroxylation is 2. The van der Waals surface area contributed by atoms with Gasteiger partial charge in [0.15, 0.2) is 5.65 Å². The molecule has 0 radical (unpaired) electrons. The molecule has 0 spiro atoms. The Morgan fingerprint density at radius 2 is 2.08 bits per heavy atom. The van der Waals surface area contributed by atoms with Gasteiger partial charge in [-0.25, -0.2) is 9.97 Å². The summed E-state index contributed by atoms with van der Waals surface area (Å²) in [6, 6.07) is 0. The SMILES string of the molecule is CCOC(=O)CC1(Nc2nc(C)nc3c2cnn3C)CCCCC1. The van der Waals surface area contributed by atoms with Crippen LogP contribution in [0.3, 0.4) is 0 Å². The van der Waals surface area contributed by atoms with Crippen LogP contribution < -0.4 is 5.32 Å². The fourth-order valence-electron chi connectivity index (χ4n) is 3.54. The zero-order chi connectivity index (χ0) is 17.2. The molecule has 0 saturated heterocycles. The van der Waals surface area contributed by atoms with Crippen molar-refractivity contribution in [2.45, 2.75) is 57.9 Å². The smallest absolute Gasteiger partial charge is 0.308 e. The zero-order valence-electron chi connectivity index (χ0n) is 14.6. The molecule has 0 bridgehead atoms. The number of carbonyl (C=O) groups excluding carboxylic acids is 1. The lowest BCUT2D eigenvalue weighted by atomic mass is 9.79. The molecule has 0 atom stereocenters. The molecule has 1 aliphatic carbocycles. The number of ether oxygens (including phenoxy) is 1. The van der Waals surface area contributed by atoms with Gasteiger partial charge in [0.2, 0.25) is 0 Å². The first-order chi connectivity index (χ1) is 11.5. The third-order valence-corrected chi connectivity index (χ3v) is 4.69. The molecule has 0 aliphatic heterocycles. The normalized spacial score (nSPS) is 17.0. The number of hydrogen-bond acceptors (Lipinski definition) is 6. The number of anilines is 1. The van der Waals surface area contributed by atoms with Crippen molar-refractivity contribution in [1.82, 2.24) is 19.7 Å². The minimum atomic E-state index is -0.298. The lowest BCUT2D eigenvalue weighted by Gasteiger charge is -2.38. The van der Waals surface area contributed by atoms with Gasteiger partial charge >= 0.3 is 5.97 Å². The van der Waals surface area contributed by atoms with Gasteiger partial charge in [0.25, 0.3) is 0 Å². The Kier molecular flexibility index (Phi) is 4.69. The van der Waals surface area contributed by atoms with Crippen molar-refractivity contribution in [2.75, 3.05) is 11.9 Å². The molecule has 2 aromatic rings. The lowest BCUT2D eigenvalue weighted by molar-refractivity contribution is -0.144. The van der Waals surface area contributed by atoms with Gasteiger partial charge in [-0.3, -0.25) is 9.48 Å². The van der Waals surface area contributed by atoms with Gasteiger partial charge in [-0.05, 0) is 26.7 Å². The molecule has 7 nitrogen and oxygen atoms in total. The summed E-state index contributed by atoms with van der Waals surface area (Å²) in [5.41, 5.74) is 0.501. The van der Waals surface area contributed by atoms with Crippen LogP contribution in [-0.4, -0.2) is 37.9 Å². The first kappa shape index (κ1) is 16.7. The molecule has 1 saturated carbocycles. The molecule has 2 heterocycles. The molecule has 3 rings (SSSR count). The largest absolute Gasteiger partial charge is 0.466 e. The molecule has 1 aliphatic rings. The van der Waals surface area contributed by atoms with E-state index < -0.39 is 0 Å². The molecule has 0 unspecified atom stereocenters. The molecule has 1 N–H and O–H groups in total. The highest BCUT2D eigenvalue weighted by Crippen LogP contribution is 2.36. The van der Waals surface area contributed by atoms with Crippen LogP contribution >= 0.6 is 0 Å². The number of nitrogens with zero attached hydrogens (tertiary/aromatic N) is 4. The second kappa shape index (κ2) is 6.75. The van der Waals surface area contributed by atoms with E-state index in [-0.39, 0.29) is 11.5 Å². The summed E-state index contributed by atoms with van der Waals surface area (Å²) in [6.45, 7) is 4.12. The Balaban J connectivity index is 1.94. The Hall–Kier alpha value is -2.18. The van der Waals surface area contributed by atoms with Crippen molar-refractivity contribution in [1.29, 1.82) is 0 Å². The highest BCUT2D eigenvalue weighted by Gasteiger charge is 2.36. The van der Waals surface area contributed by atoms with Crippen molar-refractivity contribution >= 4 is 22.8 Å². The van der Waals surface area contributed by atoms with E-state index in [4.69, 9.17) is 4.74 Å².